The number of rotatable bonds is 4. The minimum absolute atomic E-state index is 0.0169. The second-order valence-electron chi connectivity index (χ2n) is 1.66. The van der Waals surface area contributed by atoms with Crippen molar-refractivity contribution in [3.8, 4) is 0 Å². The molecule has 0 aromatic carbocycles. The second-order valence-corrected chi connectivity index (χ2v) is 3.41. The molecule has 1 atom stereocenters. The maximum absolute atomic E-state index is 10.9. The molecule has 0 aliphatic rings. The van der Waals surface area contributed by atoms with Gasteiger partial charge in [0.2, 0.25) is 5.91 Å². The van der Waals surface area contributed by atoms with Crippen LogP contribution in [-0.4, -0.2) is 22.6 Å². The molecule has 0 fully saturated rings. The molecule has 2 nitrogen and oxygen atoms in total. The average molecular weight is 271 g/mol. The summed E-state index contributed by atoms with van der Waals surface area (Å²) < 4.78 is 0. The summed E-state index contributed by atoms with van der Waals surface area (Å²) in [6.45, 7) is 4.00. The fraction of sp³-hybridized carbons (Fsp3) is 0.500. The summed E-state index contributed by atoms with van der Waals surface area (Å²) in [4.78, 5) is 10.8. The minimum Gasteiger partial charge on any atom is -0.352 e. The van der Waals surface area contributed by atoms with Gasteiger partial charge in [-0.2, -0.15) is 0 Å². The van der Waals surface area contributed by atoms with Gasteiger partial charge in [-0.15, -0.1) is 6.58 Å². The van der Waals surface area contributed by atoms with E-state index in [0.717, 1.165) is 0 Å². The van der Waals surface area contributed by atoms with Crippen molar-refractivity contribution in [3.05, 3.63) is 12.7 Å². The highest BCUT2D eigenvalue weighted by molar-refractivity contribution is 9.12. The summed E-state index contributed by atoms with van der Waals surface area (Å²) in [5, 5.41) is 3.27. The normalized spacial score (nSPS) is 12.2. The highest BCUT2D eigenvalue weighted by Gasteiger charge is 2.10. The first-order chi connectivity index (χ1) is 4.72. The predicted molar refractivity (Wildman–Crippen MR) is 49.7 cm³/mol. The van der Waals surface area contributed by atoms with Crippen LogP contribution in [0.2, 0.25) is 0 Å². The molecule has 0 aromatic rings. The highest BCUT2D eigenvalue weighted by Crippen LogP contribution is 2.02. The van der Waals surface area contributed by atoms with Crippen molar-refractivity contribution in [2.24, 2.45) is 0 Å². The lowest BCUT2D eigenvalue weighted by atomic mass is 10.4. The summed E-state index contributed by atoms with van der Waals surface area (Å²) in [5.74, 6) is -0.0169. The molecule has 0 heterocycles. The van der Waals surface area contributed by atoms with Crippen LogP contribution in [0.4, 0.5) is 0 Å². The van der Waals surface area contributed by atoms with E-state index >= 15 is 0 Å². The van der Waals surface area contributed by atoms with Crippen LogP contribution in [0, 0.1) is 0 Å². The third-order valence-electron chi connectivity index (χ3n) is 0.841. The van der Waals surface area contributed by atoms with Crippen molar-refractivity contribution in [1.29, 1.82) is 0 Å². The van der Waals surface area contributed by atoms with Crippen LogP contribution in [0.15, 0.2) is 12.7 Å². The lowest BCUT2D eigenvalue weighted by Crippen LogP contribution is -2.31. The average Bonchev–Trinajstić information content (AvgIpc) is 1.98. The molecule has 0 aliphatic carbocycles. The molecule has 0 saturated carbocycles. The van der Waals surface area contributed by atoms with E-state index in [1.165, 1.54) is 0 Å². The fourth-order valence-corrected chi connectivity index (χ4v) is 0.809. The van der Waals surface area contributed by atoms with Crippen LogP contribution in [0.25, 0.3) is 0 Å². The number of amides is 1. The molecule has 58 valence electrons. The van der Waals surface area contributed by atoms with Crippen molar-refractivity contribution in [1.82, 2.24) is 5.32 Å². The van der Waals surface area contributed by atoms with Gasteiger partial charge >= 0.3 is 0 Å². The topological polar surface area (TPSA) is 29.1 Å². The van der Waals surface area contributed by atoms with Crippen LogP contribution >= 0.6 is 31.9 Å². The Morgan fingerprint density at radius 1 is 1.80 bits per heavy atom. The van der Waals surface area contributed by atoms with Crippen molar-refractivity contribution >= 4 is 37.8 Å². The number of carbonyl (C=O) groups is 1. The van der Waals surface area contributed by atoms with Crippen molar-refractivity contribution in [2.75, 3.05) is 11.9 Å². The Labute approximate surface area is 77.3 Å². The monoisotopic (exact) mass is 269 g/mol. The Morgan fingerprint density at radius 3 is 2.80 bits per heavy atom. The lowest BCUT2D eigenvalue weighted by Gasteiger charge is -2.04. The largest absolute Gasteiger partial charge is 0.352 e. The third-order valence-corrected chi connectivity index (χ3v) is 3.10. The lowest BCUT2D eigenvalue weighted by molar-refractivity contribution is -0.119. The zero-order valence-corrected chi connectivity index (χ0v) is 8.61. The SMILES string of the molecule is C=CCNC(=O)C(Br)CBr. The molecular formula is C6H9Br2NO. The molecule has 0 aromatic heterocycles. The molecule has 1 amide bonds. The number of nitrogens with one attached hydrogen (secondary N) is 1. The van der Waals surface area contributed by atoms with E-state index in [1.54, 1.807) is 6.08 Å². The second kappa shape index (κ2) is 5.92. The van der Waals surface area contributed by atoms with Gasteiger partial charge in [0.1, 0.15) is 4.83 Å². The van der Waals surface area contributed by atoms with E-state index in [0.29, 0.717) is 11.9 Å². The molecule has 0 spiro atoms. The predicted octanol–water partition coefficient (Wildman–Crippen LogP) is 1.45. The highest BCUT2D eigenvalue weighted by atomic mass is 79.9. The molecule has 0 saturated heterocycles. The molecule has 0 rings (SSSR count). The van der Waals surface area contributed by atoms with E-state index in [9.17, 15) is 4.79 Å². The van der Waals surface area contributed by atoms with Crippen LogP contribution < -0.4 is 5.32 Å². The van der Waals surface area contributed by atoms with E-state index in [-0.39, 0.29) is 10.7 Å². The minimum atomic E-state index is -0.146. The number of alkyl halides is 2. The fourth-order valence-electron chi connectivity index (χ4n) is 0.354. The zero-order valence-electron chi connectivity index (χ0n) is 5.44. The van der Waals surface area contributed by atoms with Gasteiger partial charge < -0.3 is 5.32 Å². The number of hydrogen-bond donors (Lipinski definition) is 1. The van der Waals surface area contributed by atoms with Crippen LogP contribution in [0.3, 0.4) is 0 Å². The van der Waals surface area contributed by atoms with Gasteiger partial charge in [0.05, 0.1) is 0 Å². The van der Waals surface area contributed by atoms with Gasteiger partial charge in [0, 0.05) is 11.9 Å². The summed E-state index contributed by atoms with van der Waals surface area (Å²) in [5.41, 5.74) is 0. The third kappa shape index (κ3) is 4.06. The number of hydrogen-bond acceptors (Lipinski definition) is 1. The number of halogens is 2. The molecule has 1 N–H and O–H groups in total. The Bertz CT molecular complexity index is 127. The smallest absolute Gasteiger partial charge is 0.234 e. The van der Waals surface area contributed by atoms with Gasteiger partial charge in [0.25, 0.3) is 0 Å². The van der Waals surface area contributed by atoms with Crippen LogP contribution in [-0.2, 0) is 4.79 Å². The van der Waals surface area contributed by atoms with Crippen molar-refractivity contribution in [3.63, 3.8) is 0 Å². The Hall–Kier alpha value is 0.170. The molecule has 1 unspecified atom stereocenters. The van der Waals surface area contributed by atoms with Crippen molar-refractivity contribution < 1.29 is 4.79 Å². The van der Waals surface area contributed by atoms with Crippen LogP contribution in [0.5, 0.6) is 0 Å². The van der Waals surface area contributed by atoms with Gasteiger partial charge in [-0.3, -0.25) is 4.79 Å². The summed E-state index contributed by atoms with van der Waals surface area (Å²) in [7, 11) is 0. The summed E-state index contributed by atoms with van der Waals surface area (Å²) >= 11 is 6.35. The van der Waals surface area contributed by atoms with E-state index in [4.69, 9.17) is 0 Å². The zero-order chi connectivity index (χ0) is 7.98. The number of carbonyl (C=O) groups excluding carboxylic acids is 1. The molecule has 0 radical (unpaired) electrons. The first kappa shape index (κ1) is 10.2. The van der Waals surface area contributed by atoms with Gasteiger partial charge in [0.15, 0.2) is 0 Å². The van der Waals surface area contributed by atoms with E-state index in [2.05, 4.69) is 43.8 Å². The van der Waals surface area contributed by atoms with E-state index in [1.807, 2.05) is 0 Å². The Kier molecular flexibility index (Phi) is 6.02. The van der Waals surface area contributed by atoms with Crippen LogP contribution in [0.1, 0.15) is 0 Å². The molecule has 10 heavy (non-hydrogen) atoms. The van der Waals surface area contributed by atoms with Gasteiger partial charge in [-0.25, -0.2) is 0 Å². The maximum atomic E-state index is 10.9. The summed E-state index contributed by atoms with van der Waals surface area (Å²) in [6.07, 6.45) is 1.64. The summed E-state index contributed by atoms with van der Waals surface area (Å²) in [6, 6.07) is 0. The quantitative estimate of drug-likeness (QED) is 0.608. The van der Waals surface area contributed by atoms with Gasteiger partial charge in [-0.05, 0) is 0 Å². The first-order valence-corrected chi connectivity index (χ1v) is 4.84. The van der Waals surface area contributed by atoms with E-state index < -0.39 is 0 Å². The molecule has 4 heteroatoms. The Balaban J connectivity index is 3.51. The first-order valence-electron chi connectivity index (χ1n) is 2.81. The Morgan fingerprint density at radius 2 is 2.40 bits per heavy atom. The maximum Gasteiger partial charge on any atom is 0.234 e. The standard InChI is InChI=1S/C6H9Br2NO/c1-2-3-9-6(10)5(8)4-7/h2,5H,1,3-4H2,(H,9,10). The molecule has 0 bridgehead atoms. The molecule has 0 aliphatic heterocycles. The molecular weight excluding hydrogens is 262 g/mol. The van der Waals surface area contributed by atoms with Crippen molar-refractivity contribution in [2.45, 2.75) is 4.83 Å². The van der Waals surface area contributed by atoms with Gasteiger partial charge in [-0.1, -0.05) is 37.9 Å².